The van der Waals surface area contributed by atoms with Crippen LogP contribution in [0.15, 0.2) is 24.3 Å². The minimum absolute atomic E-state index is 0.836. The summed E-state index contributed by atoms with van der Waals surface area (Å²) in [5.41, 5.74) is 7.80. The van der Waals surface area contributed by atoms with Crippen LogP contribution in [0.1, 0.15) is 5.56 Å². The summed E-state index contributed by atoms with van der Waals surface area (Å²) in [5, 5.41) is 4.32. The molecule has 1 aromatic carbocycles. The van der Waals surface area contributed by atoms with Crippen molar-refractivity contribution in [3.8, 4) is 0 Å². The first-order chi connectivity index (χ1) is 6.84. The molecular formula is C11H16N3. The molecule has 1 aliphatic heterocycles. The molecule has 1 aliphatic rings. The molecule has 1 heterocycles. The minimum Gasteiger partial charge on any atom is -0.399 e. The van der Waals surface area contributed by atoms with E-state index in [1.807, 2.05) is 12.1 Å². The summed E-state index contributed by atoms with van der Waals surface area (Å²) in [6, 6.07) is 8.12. The first-order valence-electron chi connectivity index (χ1n) is 5.04. The van der Waals surface area contributed by atoms with Crippen LogP contribution in [0.4, 0.5) is 5.69 Å². The predicted molar refractivity (Wildman–Crippen MR) is 58.0 cm³/mol. The number of rotatable bonds is 2. The number of nitrogen functional groups attached to an aromatic ring is 1. The molecule has 0 unspecified atom stereocenters. The summed E-state index contributed by atoms with van der Waals surface area (Å²) in [6.45, 7) is 5.16. The fourth-order valence-corrected chi connectivity index (χ4v) is 1.69. The number of piperazine rings is 1. The second-order valence-corrected chi connectivity index (χ2v) is 3.69. The van der Waals surface area contributed by atoms with Gasteiger partial charge in [0.2, 0.25) is 0 Å². The molecule has 2 rings (SSSR count). The van der Waals surface area contributed by atoms with E-state index in [0.717, 1.165) is 38.4 Å². The van der Waals surface area contributed by atoms with Gasteiger partial charge in [-0.05, 0) is 17.7 Å². The molecule has 1 radical (unpaired) electrons. The normalized spacial score (nSPS) is 18.3. The van der Waals surface area contributed by atoms with E-state index in [2.05, 4.69) is 22.3 Å². The monoisotopic (exact) mass is 190 g/mol. The summed E-state index contributed by atoms with van der Waals surface area (Å²) in [5.74, 6) is 0. The molecule has 2 N–H and O–H groups in total. The summed E-state index contributed by atoms with van der Waals surface area (Å²) in [6.07, 6.45) is 0. The Morgan fingerprint density at radius 1 is 1.14 bits per heavy atom. The van der Waals surface area contributed by atoms with E-state index in [-0.39, 0.29) is 0 Å². The smallest absolute Gasteiger partial charge is 0.0314 e. The number of anilines is 1. The van der Waals surface area contributed by atoms with Gasteiger partial charge in [0.05, 0.1) is 0 Å². The fourth-order valence-electron chi connectivity index (χ4n) is 1.69. The molecule has 3 nitrogen and oxygen atoms in total. The van der Waals surface area contributed by atoms with Gasteiger partial charge in [0.15, 0.2) is 0 Å². The molecule has 1 fully saturated rings. The summed E-state index contributed by atoms with van der Waals surface area (Å²) in [7, 11) is 0. The number of hydrogen-bond donors (Lipinski definition) is 1. The van der Waals surface area contributed by atoms with Crippen LogP contribution in [0.3, 0.4) is 0 Å². The van der Waals surface area contributed by atoms with Gasteiger partial charge in [-0.25, -0.2) is 5.32 Å². The van der Waals surface area contributed by atoms with Gasteiger partial charge in [0, 0.05) is 38.4 Å². The highest BCUT2D eigenvalue weighted by Gasteiger charge is 2.09. The van der Waals surface area contributed by atoms with Crippen LogP contribution >= 0.6 is 0 Å². The second kappa shape index (κ2) is 4.44. The Kier molecular flexibility index (Phi) is 3.01. The average Bonchev–Trinajstić information content (AvgIpc) is 2.23. The second-order valence-electron chi connectivity index (χ2n) is 3.69. The van der Waals surface area contributed by atoms with Gasteiger partial charge in [0.1, 0.15) is 0 Å². The lowest BCUT2D eigenvalue weighted by molar-refractivity contribution is 0.231. The van der Waals surface area contributed by atoms with Gasteiger partial charge >= 0.3 is 0 Å². The highest BCUT2D eigenvalue weighted by Crippen LogP contribution is 2.08. The van der Waals surface area contributed by atoms with Gasteiger partial charge in [-0.15, -0.1) is 0 Å². The third-order valence-corrected chi connectivity index (χ3v) is 2.53. The van der Waals surface area contributed by atoms with E-state index in [1.165, 1.54) is 5.56 Å². The van der Waals surface area contributed by atoms with E-state index in [1.54, 1.807) is 0 Å². The van der Waals surface area contributed by atoms with E-state index in [0.29, 0.717) is 0 Å². The topological polar surface area (TPSA) is 43.4 Å². The van der Waals surface area contributed by atoms with Crippen molar-refractivity contribution in [2.24, 2.45) is 0 Å². The van der Waals surface area contributed by atoms with Crippen molar-refractivity contribution in [2.75, 3.05) is 31.9 Å². The van der Waals surface area contributed by atoms with Crippen molar-refractivity contribution in [3.05, 3.63) is 29.8 Å². The van der Waals surface area contributed by atoms with Crippen LogP contribution in [0, 0.1) is 0 Å². The van der Waals surface area contributed by atoms with Crippen LogP contribution in [0.2, 0.25) is 0 Å². The quantitative estimate of drug-likeness (QED) is 0.697. The zero-order valence-corrected chi connectivity index (χ0v) is 8.32. The molecule has 0 saturated carbocycles. The van der Waals surface area contributed by atoms with Crippen molar-refractivity contribution in [3.63, 3.8) is 0 Å². The Balaban J connectivity index is 1.92. The van der Waals surface area contributed by atoms with Gasteiger partial charge in [-0.3, -0.25) is 4.90 Å². The lowest BCUT2D eigenvalue weighted by Gasteiger charge is -2.26. The highest BCUT2D eigenvalue weighted by molar-refractivity contribution is 5.39. The van der Waals surface area contributed by atoms with Gasteiger partial charge in [-0.2, -0.15) is 0 Å². The fraction of sp³-hybridized carbons (Fsp3) is 0.455. The van der Waals surface area contributed by atoms with E-state index < -0.39 is 0 Å². The van der Waals surface area contributed by atoms with Gasteiger partial charge in [-0.1, -0.05) is 12.1 Å². The standard InChI is InChI=1S/C11H16N3/c12-11-3-1-10(2-4-11)9-14-7-5-13-6-8-14/h1-4H,5-9,12H2. The van der Waals surface area contributed by atoms with Crippen LogP contribution in [-0.4, -0.2) is 31.1 Å². The molecule has 1 aromatic rings. The minimum atomic E-state index is 0.836. The van der Waals surface area contributed by atoms with Crippen molar-refractivity contribution < 1.29 is 0 Å². The number of hydrogen-bond acceptors (Lipinski definition) is 2. The molecule has 0 spiro atoms. The van der Waals surface area contributed by atoms with Crippen molar-refractivity contribution in [2.45, 2.75) is 6.54 Å². The van der Waals surface area contributed by atoms with Crippen LogP contribution < -0.4 is 11.1 Å². The Morgan fingerprint density at radius 2 is 1.79 bits per heavy atom. The Labute approximate surface area is 84.9 Å². The molecule has 0 aromatic heterocycles. The molecule has 0 bridgehead atoms. The van der Waals surface area contributed by atoms with Crippen molar-refractivity contribution in [1.82, 2.24) is 10.2 Å². The SMILES string of the molecule is Nc1ccc(CN2CC[N]CC2)cc1. The molecule has 0 atom stereocenters. The average molecular weight is 190 g/mol. The third kappa shape index (κ3) is 2.47. The van der Waals surface area contributed by atoms with E-state index >= 15 is 0 Å². The zero-order valence-electron chi connectivity index (χ0n) is 8.32. The lowest BCUT2D eigenvalue weighted by atomic mass is 10.2. The Bertz CT molecular complexity index is 275. The first-order valence-corrected chi connectivity index (χ1v) is 5.04. The molecule has 14 heavy (non-hydrogen) atoms. The molecule has 0 amide bonds. The van der Waals surface area contributed by atoms with Crippen LogP contribution in [-0.2, 0) is 6.54 Å². The maximum Gasteiger partial charge on any atom is 0.0314 e. The summed E-state index contributed by atoms with van der Waals surface area (Å²) < 4.78 is 0. The predicted octanol–water partition coefficient (Wildman–Crippen LogP) is 0.689. The Morgan fingerprint density at radius 3 is 2.43 bits per heavy atom. The highest BCUT2D eigenvalue weighted by atomic mass is 15.2. The maximum atomic E-state index is 5.63. The number of nitrogens with zero attached hydrogens (tertiary/aromatic N) is 2. The van der Waals surface area contributed by atoms with Crippen LogP contribution in [0.5, 0.6) is 0 Å². The van der Waals surface area contributed by atoms with Crippen molar-refractivity contribution >= 4 is 5.69 Å². The number of nitrogens with two attached hydrogens (primary N) is 1. The molecule has 1 saturated heterocycles. The van der Waals surface area contributed by atoms with Gasteiger partial charge in [0.25, 0.3) is 0 Å². The molecule has 0 aliphatic carbocycles. The van der Waals surface area contributed by atoms with Crippen molar-refractivity contribution in [1.29, 1.82) is 0 Å². The van der Waals surface area contributed by atoms with Crippen LogP contribution in [0.25, 0.3) is 0 Å². The summed E-state index contributed by atoms with van der Waals surface area (Å²) in [4.78, 5) is 2.43. The lowest BCUT2D eigenvalue weighted by Crippen LogP contribution is -2.39. The third-order valence-electron chi connectivity index (χ3n) is 2.53. The largest absolute Gasteiger partial charge is 0.399 e. The molecular weight excluding hydrogens is 174 g/mol. The maximum absolute atomic E-state index is 5.63. The number of benzene rings is 1. The molecule has 3 heteroatoms. The Hall–Kier alpha value is -1.06. The molecule has 75 valence electrons. The summed E-state index contributed by atoms with van der Waals surface area (Å²) >= 11 is 0. The van der Waals surface area contributed by atoms with Gasteiger partial charge < -0.3 is 5.73 Å². The first kappa shape index (κ1) is 9.49. The zero-order chi connectivity index (χ0) is 9.80. The van der Waals surface area contributed by atoms with E-state index in [4.69, 9.17) is 5.73 Å². The van der Waals surface area contributed by atoms with E-state index in [9.17, 15) is 0 Å².